The van der Waals surface area contributed by atoms with Crippen LogP contribution >= 0.6 is 0 Å². The predicted molar refractivity (Wildman–Crippen MR) is 115 cm³/mol. The van der Waals surface area contributed by atoms with E-state index in [1.165, 1.54) is 22.5 Å². The molecule has 0 aliphatic carbocycles. The molecule has 0 bridgehead atoms. The lowest BCUT2D eigenvalue weighted by Gasteiger charge is -2.31. The molecule has 0 saturated carbocycles. The molecule has 4 rings (SSSR count). The summed E-state index contributed by atoms with van der Waals surface area (Å²) in [5.74, 6) is -1.80. The van der Waals surface area contributed by atoms with Crippen LogP contribution in [-0.4, -0.2) is 21.0 Å². The van der Waals surface area contributed by atoms with E-state index in [9.17, 15) is 22.0 Å². The Kier molecular flexibility index (Phi) is 5.60. The summed E-state index contributed by atoms with van der Waals surface area (Å²) in [5.41, 5.74) is 1.02. The van der Waals surface area contributed by atoms with Gasteiger partial charge in [-0.3, -0.25) is 4.31 Å². The molecule has 9 heteroatoms. The highest BCUT2D eigenvalue weighted by Crippen LogP contribution is 2.34. The molecule has 0 unspecified atom stereocenters. The van der Waals surface area contributed by atoms with E-state index >= 15 is 0 Å². The zero-order valence-electron chi connectivity index (χ0n) is 16.3. The number of urea groups is 1. The Morgan fingerprint density at radius 3 is 2.32 bits per heavy atom. The zero-order chi connectivity index (χ0) is 22.0. The summed E-state index contributed by atoms with van der Waals surface area (Å²) in [6.45, 7) is 0.306. The number of benzene rings is 3. The number of halogens is 2. The maximum Gasteiger partial charge on any atom is 0.323 e. The molecule has 3 aromatic carbocycles. The van der Waals surface area contributed by atoms with E-state index in [0.29, 0.717) is 30.8 Å². The van der Waals surface area contributed by atoms with Crippen LogP contribution in [0.5, 0.6) is 0 Å². The fourth-order valence-electron chi connectivity index (χ4n) is 3.48. The number of nitrogens with one attached hydrogen (secondary N) is 2. The zero-order valence-corrected chi connectivity index (χ0v) is 17.1. The summed E-state index contributed by atoms with van der Waals surface area (Å²) in [5, 5.41) is 4.64. The van der Waals surface area contributed by atoms with Gasteiger partial charge in [0.15, 0.2) is 0 Å². The molecule has 1 aliphatic rings. The molecule has 6 nitrogen and oxygen atoms in total. The Balaban J connectivity index is 1.60. The number of fused-ring (bicyclic) bond motifs is 1. The number of hydrogen-bond acceptors (Lipinski definition) is 3. The third-order valence-electron chi connectivity index (χ3n) is 4.95. The second kappa shape index (κ2) is 8.35. The van der Waals surface area contributed by atoms with Gasteiger partial charge in [-0.2, -0.15) is 0 Å². The van der Waals surface area contributed by atoms with Crippen LogP contribution in [0.3, 0.4) is 0 Å². The lowest BCUT2D eigenvalue weighted by molar-refractivity contribution is 0.262. The quantitative estimate of drug-likeness (QED) is 0.611. The van der Waals surface area contributed by atoms with Gasteiger partial charge in [-0.05, 0) is 54.8 Å². The van der Waals surface area contributed by atoms with Gasteiger partial charge < -0.3 is 10.6 Å². The van der Waals surface area contributed by atoms with Gasteiger partial charge in [0.2, 0.25) is 0 Å². The molecule has 0 aromatic heterocycles. The molecule has 0 atom stereocenters. The van der Waals surface area contributed by atoms with Crippen molar-refractivity contribution in [1.82, 2.24) is 0 Å². The first-order chi connectivity index (χ1) is 14.9. The number of amides is 2. The van der Waals surface area contributed by atoms with Gasteiger partial charge in [0.05, 0.1) is 10.6 Å². The molecule has 3 aromatic rings. The van der Waals surface area contributed by atoms with Crippen molar-refractivity contribution in [3.63, 3.8) is 0 Å². The lowest BCUT2D eigenvalue weighted by atomic mass is 10.0. The van der Waals surface area contributed by atoms with Crippen molar-refractivity contribution in [3.8, 4) is 0 Å². The third kappa shape index (κ3) is 4.22. The van der Waals surface area contributed by atoms with Crippen LogP contribution < -0.4 is 14.9 Å². The average Bonchev–Trinajstić information content (AvgIpc) is 2.76. The molecule has 160 valence electrons. The van der Waals surface area contributed by atoms with Crippen LogP contribution in [0.4, 0.5) is 30.6 Å². The Hall–Kier alpha value is -3.46. The molecular weight excluding hydrogens is 424 g/mol. The van der Waals surface area contributed by atoms with Crippen molar-refractivity contribution in [2.24, 2.45) is 0 Å². The first-order valence-electron chi connectivity index (χ1n) is 9.59. The van der Waals surface area contributed by atoms with Gasteiger partial charge in [0.25, 0.3) is 10.0 Å². The smallest absolute Gasteiger partial charge is 0.308 e. The highest BCUT2D eigenvalue weighted by atomic mass is 32.2. The van der Waals surface area contributed by atoms with Crippen LogP contribution in [0, 0.1) is 11.6 Å². The van der Waals surface area contributed by atoms with Crippen LogP contribution in [0.15, 0.2) is 71.6 Å². The van der Waals surface area contributed by atoms with E-state index in [1.807, 2.05) is 0 Å². The monoisotopic (exact) mass is 443 g/mol. The fourth-order valence-corrected chi connectivity index (χ4v) is 5.04. The molecule has 2 amide bonds. The first kappa shape index (κ1) is 20.8. The Morgan fingerprint density at radius 2 is 1.61 bits per heavy atom. The van der Waals surface area contributed by atoms with Crippen molar-refractivity contribution in [3.05, 3.63) is 83.9 Å². The topological polar surface area (TPSA) is 78.5 Å². The summed E-state index contributed by atoms with van der Waals surface area (Å²) < 4.78 is 55.1. The van der Waals surface area contributed by atoms with Crippen molar-refractivity contribution in [1.29, 1.82) is 0 Å². The second-order valence-electron chi connectivity index (χ2n) is 7.01. The average molecular weight is 443 g/mol. The van der Waals surface area contributed by atoms with E-state index in [-0.39, 0.29) is 4.90 Å². The molecule has 0 spiro atoms. The third-order valence-corrected chi connectivity index (χ3v) is 6.78. The molecule has 0 fully saturated rings. The number of carbonyl (C=O) groups is 1. The van der Waals surface area contributed by atoms with Crippen LogP contribution in [0.25, 0.3) is 0 Å². The summed E-state index contributed by atoms with van der Waals surface area (Å²) >= 11 is 0. The minimum Gasteiger partial charge on any atom is -0.308 e. The van der Waals surface area contributed by atoms with E-state index in [2.05, 4.69) is 10.6 Å². The van der Waals surface area contributed by atoms with Crippen molar-refractivity contribution >= 4 is 33.1 Å². The Bertz CT molecular complexity index is 1210. The summed E-state index contributed by atoms with van der Waals surface area (Å²) in [7, 11) is -3.77. The molecule has 31 heavy (non-hydrogen) atoms. The van der Waals surface area contributed by atoms with Crippen molar-refractivity contribution in [2.75, 3.05) is 21.5 Å². The molecule has 2 N–H and O–H groups in total. The van der Waals surface area contributed by atoms with Gasteiger partial charge in [-0.15, -0.1) is 0 Å². The Morgan fingerprint density at radius 1 is 0.903 bits per heavy atom. The molecule has 1 heterocycles. The summed E-state index contributed by atoms with van der Waals surface area (Å²) in [4.78, 5) is 12.4. The number of anilines is 3. The molecule has 1 aliphatic heterocycles. The van der Waals surface area contributed by atoms with E-state index in [0.717, 1.165) is 17.7 Å². The van der Waals surface area contributed by atoms with Gasteiger partial charge >= 0.3 is 6.03 Å². The number of hydrogen-bond donors (Lipinski definition) is 2. The van der Waals surface area contributed by atoms with Gasteiger partial charge in [-0.25, -0.2) is 22.0 Å². The lowest BCUT2D eigenvalue weighted by Crippen LogP contribution is -2.35. The number of aryl methyl sites for hydroxylation is 1. The van der Waals surface area contributed by atoms with Gasteiger partial charge in [0, 0.05) is 12.2 Å². The highest BCUT2D eigenvalue weighted by Gasteiger charge is 2.29. The maximum atomic E-state index is 13.8. The fraction of sp³-hybridized carbons (Fsp3) is 0.136. The second-order valence-corrected chi connectivity index (χ2v) is 8.88. The van der Waals surface area contributed by atoms with Crippen molar-refractivity contribution < 1.29 is 22.0 Å². The molecule has 0 saturated heterocycles. The Labute approximate surface area is 178 Å². The maximum absolute atomic E-state index is 13.8. The molecular formula is C22H19F2N3O3S. The first-order valence-corrected chi connectivity index (χ1v) is 11.0. The minimum atomic E-state index is -3.77. The molecule has 0 radical (unpaired) electrons. The van der Waals surface area contributed by atoms with Crippen LogP contribution in [-0.2, 0) is 16.4 Å². The number of sulfonamides is 1. The van der Waals surface area contributed by atoms with Gasteiger partial charge in [-0.1, -0.05) is 30.3 Å². The highest BCUT2D eigenvalue weighted by molar-refractivity contribution is 7.92. The number of para-hydroxylation sites is 1. The summed E-state index contributed by atoms with van der Waals surface area (Å²) in [6.07, 6.45) is 1.36. The normalized spacial score (nSPS) is 13.4. The summed E-state index contributed by atoms with van der Waals surface area (Å²) in [6, 6.07) is 15.4. The largest absolute Gasteiger partial charge is 0.323 e. The van der Waals surface area contributed by atoms with Crippen molar-refractivity contribution in [2.45, 2.75) is 17.7 Å². The van der Waals surface area contributed by atoms with E-state index in [4.69, 9.17) is 0 Å². The minimum absolute atomic E-state index is 0.175. The number of nitrogens with zero attached hydrogens (tertiary/aromatic N) is 1. The number of carbonyl (C=O) groups excluding carboxylic acids is 1. The SMILES string of the molecule is O=C(Nc1ccc2c(c1)N(S(=O)(=O)c1ccccc1)CCC2)Nc1c(F)cccc1F. The van der Waals surface area contributed by atoms with Crippen LogP contribution in [0.2, 0.25) is 0 Å². The predicted octanol–water partition coefficient (Wildman–Crippen LogP) is 4.75. The van der Waals surface area contributed by atoms with E-state index < -0.39 is 33.4 Å². The standard InChI is InChI=1S/C22H19F2N3O3S/c23-18-9-4-10-19(24)21(18)26-22(28)25-16-12-11-15-6-5-13-27(20(15)14-16)31(29,30)17-7-2-1-3-8-17/h1-4,7-12,14H,5-6,13H2,(H2,25,26,28). The van der Waals surface area contributed by atoms with Crippen LogP contribution in [0.1, 0.15) is 12.0 Å². The van der Waals surface area contributed by atoms with E-state index in [1.54, 1.807) is 36.4 Å². The number of rotatable bonds is 4. The van der Waals surface area contributed by atoms with Gasteiger partial charge in [0.1, 0.15) is 17.3 Å².